The summed E-state index contributed by atoms with van der Waals surface area (Å²) in [4.78, 5) is 0. The summed E-state index contributed by atoms with van der Waals surface area (Å²) in [6, 6.07) is 17.3. The van der Waals surface area contributed by atoms with Crippen molar-refractivity contribution < 1.29 is 0 Å². The third-order valence-corrected chi connectivity index (χ3v) is 4.46. The van der Waals surface area contributed by atoms with E-state index in [0.717, 1.165) is 21.8 Å². The van der Waals surface area contributed by atoms with Crippen LogP contribution in [0.3, 0.4) is 0 Å². The molecule has 0 heterocycles. The maximum Gasteiger partial charge on any atom is 0.0332 e. The van der Waals surface area contributed by atoms with Crippen LogP contribution in [0.2, 0.25) is 0 Å². The van der Waals surface area contributed by atoms with Crippen molar-refractivity contribution in [2.45, 2.75) is 18.9 Å². The van der Waals surface area contributed by atoms with E-state index in [2.05, 4.69) is 85.7 Å². The van der Waals surface area contributed by atoms with Gasteiger partial charge in [-0.15, -0.1) is 0 Å². The molecule has 0 saturated heterocycles. The fourth-order valence-corrected chi connectivity index (χ4v) is 3.09. The summed E-state index contributed by atoms with van der Waals surface area (Å²) in [6.45, 7) is 0. The third-order valence-electron chi connectivity index (χ3n) is 3.25. The van der Waals surface area contributed by atoms with E-state index in [4.69, 9.17) is 0 Å². The lowest BCUT2D eigenvalue weighted by Crippen LogP contribution is -2.17. The summed E-state index contributed by atoms with van der Waals surface area (Å²) < 4.78 is 2.27. The molecule has 2 rings (SSSR count). The van der Waals surface area contributed by atoms with Gasteiger partial charge in [-0.05, 0) is 49.2 Å². The molecule has 1 nitrogen and oxygen atoms in total. The Kier molecular flexibility index (Phi) is 5.61. The fraction of sp³-hybridized carbons (Fsp3) is 0.250. The second kappa shape index (κ2) is 7.22. The van der Waals surface area contributed by atoms with Gasteiger partial charge in [-0.3, -0.25) is 0 Å². The Hall–Kier alpha value is -0.640. The van der Waals surface area contributed by atoms with Crippen molar-refractivity contribution in [3.63, 3.8) is 0 Å². The van der Waals surface area contributed by atoms with E-state index in [1.807, 2.05) is 7.05 Å². The zero-order valence-corrected chi connectivity index (χ0v) is 14.0. The highest BCUT2D eigenvalue weighted by Gasteiger charge is 2.13. The van der Waals surface area contributed by atoms with Crippen LogP contribution in [0.1, 0.15) is 23.6 Å². The Morgan fingerprint density at radius 2 is 1.79 bits per heavy atom. The molecule has 0 aliphatic rings. The monoisotopic (exact) mass is 381 g/mol. The van der Waals surface area contributed by atoms with Crippen molar-refractivity contribution in [1.82, 2.24) is 5.32 Å². The molecule has 1 unspecified atom stereocenters. The maximum atomic E-state index is 3.64. The van der Waals surface area contributed by atoms with Crippen LogP contribution in [0.25, 0.3) is 0 Å². The molecule has 0 bridgehead atoms. The molecule has 3 heteroatoms. The number of hydrogen-bond acceptors (Lipinski definition) is 1. The van der Waals surface area contributed by atoms with Gasteiger partial charge in [-0.1, -0.05) is 62.2 Å². The van der Waals surface area contributed by atoms with Gasteiger partial charge in [0.15, 0.2) is 0 Å². The number of halogens is 2. The van der Waals surface area contributed by atoms with E-state index in [-0.39, 0.29) is 0 Å². The van der Waals surface area contributed by atoms with Crippen LogP contribution in [-0.4, -0.2) is 7.05 Å². The van der Waals surface area contributed by atoms with Crippen molar-refractivity contribution in [2.75, 3.05) is 7.05 Å². The summed E-state index contributed by atoms with van der Waals surface area (Å²) in [5.41, 5.74) is 2.68. The number of benzene rings is 2. The summed E-state index contributed by atoms with van der Waals surface area (Å²) >= 11 is 7.18. The number of rotatable bonds is 5. The van der Waals surface area contributed by atoms with Gasteiger partial charge in [0.05, 0.1) is 0 Å². The minimum Gasteiger partial charge on any atom is -0.313 e. The summed E-state index contributed by atoms with van der Waals surface area (Å²) in [5.74, 6) is 0. The molecular weight excluding hydrogens is 366 g/mol. The van der Waals surface area contributed by atoms with E-state index in [1.165, 1.54) is 11.1 Å². The molecule has 2 aromatic rings. The van der Waals surface area contributed by atoms with Crippen LogP contribution < -0.4 is 5.32 Å². The van der Waals surface area contributed by atoms with Crippen LogP contribution in [0, 0.1) is 0 Å². The van der Waals surface area contributed by atoms with Gasteiger partial charge in [0.25, 0.3) is 0 Å². The first-order chi connectivity index (χ1) is 9.20. The van der Waals surface area contributed by atoms with E-state index >= 15 is 0 Å². The van der Waals surface area contributed by atoms with Crippen molar-refractivity contribution in [1.29, 1.82) is 0 Å². The zero-order valence-electron chi connectivity index (χ0n) is 10.9. The van der Waals surface area contributed by atoms with E-state index in [1.54, 1.807) is 0 Å². The zero-order chi connectivity index (χ0) is 13.7. The van der Waals surface area contributed by atoms with Crippen LogP contribution >= 0.6 is 31.9 Å². The second-order valence-corrected chi connectivity index (χ2v) is 6.30. The van der Waals surface area contributed by atoms with E-state index in [0.29, 0.717) is 6.04 Å². The number of aryl methyl sites for hydroxylation is 1. The quantitative estimate of drug-likeness (QED) is 0.757. The van der Waals surface area contributed by atoms with Gasteiger partial charge >= 0.3 is 0 Å². The summed E-state index contributed by atoms with van der Waals surface area (Å²) in [5, 5.41) is 3.41. The van der Waals surface area contributed by atoms with Crippen molar-refractivity contribution >= 4 is 31.9 Å². The topological polar surface area (TPSA) is 12.0 Å². The molecule has 0 aromatic heterocycles. The van der Waals surface area contributed by atoms with Crippen LogP contribution in [0.15, 0.2) is 57.5 Å². The van der Waals surface area contributed by atoms with E-state index < -0.39 is 0 Å². The molecule has 0 radical (unpaired) electrons. The Morgan fingerprint density at radius 3 is 2.47 bits per heavy atom. The molecule has 19 heavy (non-hydrogen) atoms. The number of hydrogen-bond donors (Lipinski definition) is 1. The van der Waals surface area contributed by atoms with Gasteiger partial charge in [-0.2, -0.15) is 0 Å². The van der Waals surface area contributed by atoms with Gasteiger partial charge < -0.3 is 5.32 Å². The molecule has 0 spiro atoms. The first kappa shape index (κ1) is 14.8. The molecule has 1 atom stereocenters. The molecule has 0 saturated carbocycles. The van der Waals surface area contributed by atoms with Gasteiger partial charge in [0, 0.05) is 15.0 Å². The Bertz CT molecular complexity index is 526. The van der Waals surface area contributed by atoms with Gasteiger partial charge in [-0.25, -0.2) is 0 Å². The molecule has 0 fully saturated rings. The fourth-order valence-electron chi connectivity index (χ4n) is 2.19. The molecule has 0 amide bonds. The average molecular weight is 383 g/mol. The Labute approximate surface area is 131 Å². The normalized spacial score (nSPS) is 12.4. The minimum absolute atomic E-state index is 0.354. The second-order valence-electron chi connectivity index (χ2n) is 4.53. The lowest BCUT2D eigenvalue weighted by Gasteiger charge is -2.18. The number of nitrogens with one attached hydrogen (secondary N) is 1. The van der Waals surface area contributed by atoms with Crippen LogP contribution in [-0.2, 0) is 6.42 Å². The standard InChI is InChI=1S/C16H17Br2N/c1-19-16(10-7-12-5-3-2-4-6-12)14-11-13(17)8-9-15(14)18/h2-6,8-9,11,16,19H,7,10H2,1H3. The predicted octanol–water partition coefficient (Wildman–Crippen LogP) is 5.10. The summed E-state index contributed by atoms with van der Waals surface area (Å²) in [7, 11) is 2.02. The Balaban J connectivity index is 2.10. The van der Waals surface area contributed by atoms with Gasteiger partial charge in [0.1, 0.15) is 0 Å². The molecule has 2 aromatic carbocycles. The SMILES string of the molecule is CNC(CCc1ccccc1)c1cc(Br)ccc1Br. The lowest BCUT2D eigenvalue weighted by atomic mass is 9.99. The highest BCUT2D eigenvalue weighted by atomic mass is 79.9. The molecular formula is C16H17Br2N. The highest BCUT2D eigenvalue weighted by Crippen LogP contribution is 2.29. The molecule has 100 valence electrons. The van der Waals surface area contributed by atoms with Crippen molar-refractivity contribution in [2.24, 2.45) is 0 Å². The first-order valence-corrected chi connectivity index (χ1v) is 7.95. The first-order valence-electron chi connectivity index (χ1n) is 6.37. The average Bonchev–Trinajstić information content (AvgIpc) is 2.44. The van der Waals surface area contributed by atoms with Crippen LogP contribution in [0.4, 0.5) is 0 Å². The lowest BCUT2D eigenvalue weighted by molar-refractivity contribution is 0.547. The largest absolute Gasteiger partial charge is 0.313 e. The molecule has 0 aliphatic carbocycles. The van der Waals surface area contributed by atoms with Gasteiger partial charge in [0.2, 0.25) is 0 Å². The third kappa shape index (κ3) is 4.16. The van der Waals surface area contributed by atoms with Crippen molar-refractivity contribution in [3.8, 4) is 0 Å². The molecule has 1 N–H and O–H groups in total. The van der Waals surface area contributed by atoms with Crippen molar-refractivity contribution in [3.05, 3.63) is 68.6 Å². The molecule has 0 aliphatic heterocycles. The minimum atomic E-state index is 0.354. The predicted molar refractivity (Wildman–Crippen MR) is 88.4 cm³/mol. The Morgan fingerprint density at radius 1 is 1.05 bits per heavy atom. The summed E-state index contributed by atoms with van der Waals surface area (Å²) in [6.07, 6.45) is 2.15. The smallest absolute Gasteiger partial charge is 0.0332 e. The highest BCUT2D eigenvalue weighted by molar-refractivity contribution is 9.11. The van der Waals surface area contributed by atoms with E-state index in [9.17, 15) is 0 Å². The van der Waals surface area contributed by atoms with Crippen LogP contribution in [0.5, 0.6) is 0 Å². The maximum absolute atomic E-state index is 3.64.